The van der Waals surface area contributed by atoms with E-state index in [4.69, 9.17) is 13.9 Å². The number of hydrogen-bond acceptors (Lipinski definition) is 8. The molecule has 0 bridgehead atoms. The number of furan rings is 1. The minimum Gasteiger partial charge on any atom is -0.493 e. The molecule has 1 N–H and O–H groups in total. The van der Waals surface area contributed by atoms with E-state index in [0.29, 0.717) is 41.2 Å². The monoisotopic (exact) mass is 471 g/mol. The fraction of sp³-hybridized carbons (Fsp3) is 0.200. The van der Waals surface area contributed by atoms with Crippen molar-refractivity contribution in [2.75, 3.05) is 24.9 Å². The summed E-state index contributed by atoms with van der Waals surface area (Å²) < 4.78 is 17.6. The Morgan fingerprint density at radius 3 is 2.70 bits per heavy atom. The zero-order valence-electron chi connectivity index (χ0n) is 16.3. The maximum atomic E-state index is 12.2. The van der Waals surface area contributed by atoms with Crippen molar-refractivity contribution in [1.82, 2.24) is 19.6 Å². The molecule has 0 spiro atoms. The van der Waals surface area contributed by atoms with Gasteiger partial charge in [-0.25, -0.2) is 9.97 Å². The van der Waals surface area contributed by atoms with E-state index in [-0.39, 0.29) is 16.8 Å². The van der Waals surface area contributed by atoms with Crippen molar-refractivity contribution < 1.29 is 18.7 Å². The van der Waals surface area contributed by atoms with Crippen LogP contribution in [0.25, 0.3) is 17.2 Å². The predicted octanol–water partition coefficient (Wildman–Crippen LogP) is 3.59. The molecule has 0 saturated heterocycles. The number of aromatic nitrogens is 4. The molecule has 4 aromatic rings. The summed E-state index contributed by atoms with van der Waals surface area (Å²) in [7, 11) is 3.17. The van der Waals surface area contributed by atoms with Crippen LogP contribution < -0.4 is 14.8 Å². The van der Waals surface area contributed by atoms with Crippen molar-refractivity contribution in [3.63, 3.8) is 0 Å². The van der Waals surface area contributed by atoms with Gasteiger partial charge in [0.15, 0.2) is 28.7 Å². The highest BCUT2D eigenvalue weighted by molar-refractivity contribution is 9.09. The number of benzene rings is 1. The zero-order chi connectivity index (χ0) is 21.1. The number of methoxy groups -OCH3 is 2. The van der Waals surface area contributed by atoms with Crippen molar-refractivity contribution in [2.45, 2.75) is 6.54 Å². The van der Waals surface area contributed by atoms with E-state index in [2.05, 4.69) is 36.3 Å². The molecule has 9 nitrogen and oxygen atoms in total. The third-order valence-electron chi connectivity index (χ3n) is 4.37. The topological polar surface area (TPSA) is 104 Å². The van der Waals surface area contributed by atoms with Crippen LogP contribution in [-0.4, -0.2) is 44.9 Å². The smallest absolute Gasteiger partial charge is 0.226 e. The van der Waals surface area contributed by atoms with E-state index in [0.717, 1.165) is 5.56 Å². The molecule has 3 heterocycles. The van der Waals surface area contributed by atoms with Crippen LogP contribution in [-0.2, 0) is 6.54 Å². The van der Waals surface area contributed by atoms with Gasteiger partial charge in [0.1, 0.15) is 5.69 Å². The quantitative estimate of drug-likeness (QED) is 0.307. The molecule has 0 radical (unpaired) electrons. The number of alkyl halides is 1. The molecular formula is C20H18BrN5O4. The second kappa shape index (κ2) is 8.54. The molecule has 0 aliphatic heterocycles. The number of anilines is 1. The molecule has 1 aromatic carbocycles. The average Bonchev–Trinajstić information content (AvgIpc) is 3.46. The van der Waals surface area contributed by atoms with Crippen molar-refractivity contribution >= 4 is 33.3 Å². The summed E-state index contributed by atoms with van der Waals surface area (Å²) in [5, 5.41) is 7.86. The van der Waals surface area contributed by atoms with E-state index in [1.807, 2.05) is 18.2 Å². The highest BCUT2D eigenvalue weighted by atomic mass is 79.9. The number of rotatable bonds is 8. The molecule has 0 amide bonds. The molecular weight excluding hydrogens is 454 g/mol. The van der Waals surface area contributed by atoms with Gasteiger partial charge in [-0.15, -0.1) is 5.10 Å². The van der Waals surface area contributed by atoms with Crippen LogP contribution in [0, 0.1) is 0 Å². The molecule has 3 aromatic heterocycles. The molecule has 154 valence electrons. The Morgan fingerprint density at radius 1 is 1.17 bits per heavy atom. The van der Waals surface area contributed by atoms with Gasteiger partial charge in [0.05, 0.1) is 25.8 Å². The number of nitrogens with one attached hydrogen (secondary N) is 1. The van der Waals surface area contributed by atoms with Crippen LogP contribution in [0.4, 0.5) is 5.95 Å². The van der Waals surface area contributed by atoms with Gasteiger partial charge in [-0.3, -0.25) is 4.79 Å². The Morgan fingerprint density at radius 2 is 2.00 bits per heavy atom. The number of fused-ring (bicyclic) bond motifs is 1. The number of carbonyl (C=O) groups is 1. The number of nitrogens with zero attached hydrogens (tertiary/aromatic N) is 4. The van der Waals surface area contributed by atoms with Gasteiger partial charge in [0, 0.05) is 12.6 Å². The van der Waals surface area contributed by atoms with Crippen LogP contribution in [0.2, 0.25) is 0 Å². The fourth-order valence-corrected chi connectivity index (χ4v) is 3.18. The van der Waals surface area contributed by atoms with Crippen LogP contribution in [0.5, 0.6) is 11.5 Å². The largest absolute Gasteiger partial charge is 0.493 e. The molecule has 0 fully saturated rings. The highest BCUT2D eigenvalue weighted by Crippen LogP contribution is 2.28. The summed E-state index contributed by atoms with van der Waals surface area (Å²) in [5.41, 5.74) is 1.70. The number of ketones is 1. The Labute approximate surface area is 180 Å². The van der Waals surface area contributed by atoms with Crippen LogP contribution in [0.1, 0.15) is 16.1 Å². The van der Waals surface area contributed by atoms with Gasteiger partial charge in [-0.05, 0) is 29.8 Å². The summed E-state index contributed by atoms with van der Waals surface area (Å²) >= 11 is 3.19. The summed E-state index contributed by atoms with van der Waals surface area (Å²) in [6, 6.07) is 10.7. The molecule has 4 rings (SSSR count). The zero-order valence-corrected chi connectivity index (χ0v) is 17.8. The minimum atomic E-state index is -0.158. The van der Waals surface area contributed by atoms with Gasteiger partial charge in [0.2, 0.25) is 11.8 Å². The van der Waals surface area contributed by atoms with Gasteiger partial charge >= 0.3 is 0 Å². The second-order valence-electron chi connectivity index (χ2n) is 6.25. The van der Waals surface area contributed by atoms with Crippen LogP contribution in [0.3, 0.4) is 0 Å². The first-order valence-corrected chi connectivity index (χ1v) is 10.1. The predicted molar refractivity (Wildman–Crippen MR) is 113 cm³/mol. The highest BCUT2D eigenvalue weighted by Gasteiger charge is 2.17. The number of ether oxygens (including phenoxy) is 2. The Bertz CT molecular complexity index is 1190. The maximum absolute atomic E-state index is 12.2. The maximum Gasteiger partial charge on any atom is 0.226 e. The van der Waals surface area contributed by atoms with Crippen molar-refractivity contribution in [3.8, 4) is 23.1 Å². The van der Waals surface area contributed by atoms with Crippen LogP contribution >= 0.6 is 15.9 Å². The lowest BCUT2D eigenvalue weighted by molar-refractivity contribution is 0.101. The third kappa shape index (κ3) is 3.86. The number of halogens is 1. The minimum absolute atomic E-state index is 0.157. The number of carbonyl (C=O) groups excluding carboxylic acids is 1. The van der Waals surface area contributed by atoms with Crippen molar-refractivity contribution in [2.24, 2.45) is 0 Å². The normalized spacial score (nSPS) is 10.9. The lowest BCUT2D eigenvalue weighted by Crippen LogP contribution is -2.12. The van der Waals surface area contributed by atoms with Crippen molar-refractivity contribution in [1.29, 1.82) is 0 Å². The summed E-state index contributed by atoms with van der Waals surface area (Å²) in [5.74, 6) is 2.42. The lowest BCUT2D eigenvalue weighted by Gasteiger charge is -2.11. The Balaban J connectivity index is 1.70. The molecule has 10 heteroatoms. The van der Waals surface area contributed by atoms with E-state index in [1.54, 1.807) is 43.2 Å². The molecule has 0 unspecified atom stereocenters. The number of hydrogen-bond donors (Lipinski definition) is 1. The SMILES string of the molecule is COc1ccc(CNc2nc(C(=O)CBr)cc3nc(-c4ccco4)nn23)cc1OC. The van der Waals surface area contributed by atoms with E-state index in [9.17, 15) is 4.79 Å². The van der Waals surface area contributed by atoms with Gasteiger partial charge < -0.3 is 19.2 Å². The van der Waals surface area contributed by atoms with E-state index in [1.165, 1.54) is 0 Å². The van der Waals surface area contributed by atoms with E-state index >= 15 is 0 Å². The number of Topliss-reactive ketones (excluding diaryl/α,β-unsaturated/α-hetero) is 1. The first kappa shape index (κ1) is 19.9. The van der Waals surface area contributed by atoms with Gasteiger partial charge in [0.25, 0.3) is 0 Å². The van der Waals surface area contributed by atoms with Gasteiger partial charge in [-0.1, -0.05) is 22.0 Å². The lowest BCUT2D eigenvalue weighted by atomic mass is 10.2. The molecule has 0 saturated carbocycles. The summed E-state index contributed by atoms with van der Waals surface area (Å²) in [6.45, 7) is 0.421. The first-order chi connectivity index (χ1) is 14.6. The average molecular weight is 472 g/mol. The molecule has 0 aliphatic carbocycles. The summed E-state index contributed by atoms with van der Waals surface area (Å²) in [4.78, 5) is 21.1. The standard InChI is InChI=1S/C20H18BrN5O4/c1-28-15-6-5-12(8-17(15)29-2)11-22-20-23-13(14(27)10-21)9-18-24-19(25-26(18)20)16-4-3-7-30-16/h3-9H,10-11H2,1-2H3,(H,22,23). The summed E-state index contributed by atoms with van der Waals surface area (Å²) in [6.07, 6.45) is 1.55. The molecule has 0 aliphatic rings. The second-order valence-corrected chi connectivity index (χ2v) is 6.81. The van der Waals surface area contributed by atoms with Gasteiger partial charge in [-0.2, -0.15) is 4.52 Å². The Hall–Kier alpha value is -3.40. The molecule has 30 heavy (non-hydrogen) atoms. The third-order valence-corrected chi connectivity index (χ3v) is 4.88. The van der Waals surface area contributed by atoms with Crippen LogP contribution in [0.15, 0.2) is 47.1 Å². The van der Waals surface area contributed by atoms with Crippen molar-refractivity contribution in [3.05, 3.63) is 53.9 Å². The van der Waals surface area contributed by atoms with E-state index < -0.39 is 0 Å². The first-order valence-electron chi connectivity index (χ1n) is 8.98. The molecule has 0 atom stereocenters. The fourth-order valence-electron chi connectivity index (χ4n) is 2.90. The Kier molecular flexibility index (Phi) is 5.66.